The van der Waals surface area contributed by atoms with Crippen LogP contribution in [0.5, 0.6) is 17.2 Å². The van der Waals surface area contributed by atoms with Crippen LogP contribution in [0.2, 0.25) is 0 Å². The first-order valence-corrected chi connectivity index (χ1v) is 9.69. The van der Waals surface area contributed by atoms with Gasteiger partial charge in [-0.05, 0) is 48.4 Å². The molecule has 1 N–H and O–H groups in total. The third kappa shape index (κ3) is 4.52. The van der Waals surface area contributed by atoms with Crippen LogP contribution in [0, 0.1) is 6.92 Å². The standard InChI is InChI=1S/C19H25NO6S/c1-13-10-15(24-3)7-9-19(13)27(22,23)20(2)12-16(21)14-6-8-17(25-4)18(11-14)26-5/h6-11,16,21H,12H2,1-5H3. The van der Waals surface area contributed by atoms with Gasteiger partial charge in [0.25, 0.3) is 0 Å². The van der Waals surface area contributed by atoms with Gasteiger partial charge in [0.1, 0.15) is 5.75 Å². The Bertz CT molecular complexity index is 897. The summed E-state index contributed by atoms with van der Waals surface area (Å²) in [6, 6.07) is 9.72. The van der Waals surface area contributed by atoms with Crippen LogP contribution in [-0.2, 0) is 10.0 Å². The highest BCUT2D eigenvalue weighted by molar-refractivity contribution is 7.89. The van der Waals surface area contributed by atoms with Crippen LogP contribution in [0.1, 0.15) is 17.2 Å². The van der Waals surface area contributed by atoms with E-state index in [1.54, 1.807) is 37.3 Å². The number of nitrogens with zero attached hydrogens (tertiary/aromatic N) is 1. The number of benzene rings is 2. The minimum atomic E-state index is -3.76. The number of hydrogen-bond acceptors (Lipinski definition) is 6. The molecule has 0 aromatic heterocycles. The van der Waals surface area contributed by atoms with Crippen molar-refractivity contribution in [1.82, 2.24) is 4.31 Å². The average Bonchev–Trinajstić information content (AvgIpc) is 2.66. The number of methoxy groups -OCH3 is 3. The molecule has 2 rings (SSSR count). The molecule has 2 aromatic rings. The quantitative estimate of drug-likeness (QED) is 0.739. The number of aryl methyl sites for hydroxylation is 1. The van der Waals surface area contributed by atoms with Gasteiger partial charge in [-0.3, -0.25) is 0 Å². The Balaban J connectivity index is 2.23. The van der Waals surface area contributed by atoms with E-state index in [0.29, 0.717) is 28.4 Å². The van der Waals surface area contributed by atoms with Crippen molar-refractivity contribution in [3.8, 4) is 17.2 Å². The summed E-state index contributed by atoms with van der Waals surface area (Å²) in [5, 5.41) is 10.5. The van der Waals surface area contributed by atoms with Crippen molar-refractivity contribution in [1.29, 1.82) is 0 Å². The third-order valence-corrected chi connectivity index (χ3v) is 6.28. The molecule has 0 aliphatic carbocycles. The summed E-state index contributed by atoms with van der Waals surface area (Å²) in [7, 11) is 2.21. The molecule has 0 aliphatic heterocycles. The topological polar surface area (TPSA) is 85.3 Å². The Morgan fingerprint density at radius 2 is 1.67 bits per heavy atom. The van der Waals surface area contributed by atoms with E-state index in [1.165, 1.54) is 34.4 Å². The molecule has 27 heavy (non-hydrogen) atoms. The molecule has 7 nitrogen and oxygen atoms in total. The molecule has 0 heterocycles. The van der Waals surface area contributed by atoms with Crippen LogP contribution in [0.25, 0.3) is 0 Å². The van der Waals surface area contributed by atoms with Gasteiger partial charge in [-0.1, -0.05) is 6.07 Å². The largest absolute Gasteiger partial charge is 0.497 e. The van der Waals surface area contributed by atoms with E-state index in [1.807, 2.05) is 0 Å². The zero-order valence-electron chi connectivity index (χ0n) is 16.1. The Morgan fingerprint density at radius 3 is 2.22 bits per heavy atom. The van der Waals surface area contributed by atoms with Crippen molar-refractivity contribution in [2.45, 2.75) is 17.9 Å². The van der Waals surface area contributed by atoms with Crippen LogP contribution >= 0.6 is 0 Å². The van der Waals surface area contributed by atoms with Crippen LogP contribution in [-0.4, -0.2) is 52.8 Å². The first kappa shape index (κ1) is 21.0. The van der Waals surface area contributed by atoms with Crippen molar-refractivity contribution >= 4 is 10.0 Å². The summed E-state index contributed by atoms with van der Waals surface area (Å²) in [6.45, 7) is 1.59. The summed E-state index contributed by atoms with van der Waals surface area (Å²) in [5.41, 5.74) is 1.10. The normalized spacial score (nSPS) is 12.7. The van der Waals surface area contributed by atoms with Crippen LogP contribution in [0.4, 0.5) is 0 Å². The summed E-state index contributed by atoms with van der Waals surface area (Å²) in [6.07, 6.45) is -1.02. The highest BCUT2D eigenvalue weighted by Gasteiger charge is 2.26. The molecule has 1 atom stereocenters. The fourth-order valence-corrected chi connectivity index (χ4v) is 4.09. The Labute approximate surface area is 160 Å². The first-order valence-electron chi connectivity index (χ1n) is 8.25. The number of likely N-dealkylation sites (N-methyl/N-ethyl adjacent to an activating group) is 1. The van der Waals surface area contributed by atoms with Gasteiger partial charge in [0.2, 0.25) is 10.0 Å². The van der Waals surface area contributed by atoms with E-state index in [4.69, 9.17) is 14.2 Å². The molecule has 0 bridgehead atoms. The van der Waals surface area contributed by atoms with E-state index in [-0.39, 0.29) is 11.4 Å². The van der Waals surface area contributed by atoms with E-state index in [2.05, 4.69) is 0 Å². The summed E-state index contributed by atoms with van der Waals surface area (Å²) in [4.78, 5) is 0.172. The molecule has 1 unspecified atom stereocenters. The average molecular weight is 395 g/mol. The summed E-state index contributed by atoms with van der Waals surface area (Å²) < 4.78 is 42.4. The lowest BCUT2D eigenvalue weighted by Crippen LogP contribution is -2.31. The maximum atomic E-state index is 12.9. The molecule has 8 heteroatoms. The molecule has 0 fully saturated rings. The maximum absolute atomic E-state index is 12.9. The maximum Gasteiger partial charge on any atom is 0.243 e. The van der Waals surface area contributed by atoms with Crippen molar-refractivity contribution < 1.29 is 27.7 Å². The molecule has 0 saturated carbocycles. The molecule has 0 spiro atoms. The molecule has 0 saturated heterocycles. The molecule has 2 aromatic carbocycles. The fraction of sp³-hybridized carbons (Fsp3) is 0.368. The van der Waals surface area contributed by atoms with E-state index in [9.17, 15) is 13.5 Å². The number of ether oxygens (including phenoxy) is 3. The van der Waals surface area contributed by atoms with Gasteiger partial charge in [0, 0.05) is 13.6 Å². The van der Waals surface area contributed by atoms with E-state index < -0.39 is 16.1 Å². The Morgan fingerprint density at radius 1 is 1.00 bits per heavy atom. The lowest BCUT2D eigenvalue weighted by atomic mass is 10.1. The van der Waals surface area contributed by atoms with Crippen molar-refractivity contribution in [3.05, 3.63) is 47.5 Å². The lowest BCUT2D eigenvalue weighted by molar-refractivity contribution is 0.154. The summed E-state index contributed by atoms with van der Waals surface area (Å²) >= 11 is 0. The molecule has 0 radical (unpaired) electrons. The van der Waals surface area contributed by atoms with Gasteiger partial charge in [-0.25, -0.2) is 8.42 Å². The smallest absolute Gasteiger partial charge is 0.243 e. The second kappa shape index (κ2) is 8.60. The molecular formula is C19H25NO6S. The first-order chi connectivity index (χ1) is 12.7. The SMILES string of the molecule is COc1ccc(S(=O)(=O)N(C)CC(O)c2ccc(OC)c(OC)c2)c(C)c1. The molecule has 0 aliphatic rings. The zero-order valence-corrected chi connectivity index (χ0v) is 16.9. The minimum Gasteiger partial charge on any atom is -0.497 e. The molecule has 0 amide bonds. The second-order valence-electron chi connectivity index (χ2n) is 6.05. The monoisotopic (exact) mass is 395 g/mol. The number of rotatable bonds is 8. The van der Waals surface area contributed by atoms with Crippen molar-refractivity contribution in [2.75, 3.05) is 34.9 Å². The molecular weight excluding hydrogens is 370 g/mol. The van der Waals surface area contributed by atoms with E-state index in [0.717, 1.165) is 4.31 Å². The van der Waals surface area contributed by atoms with Gasteiger partial charge in [-0.2, -0.15) is 4.31 Å². The van der Waals surface area contributed by atoms with Gasteiger partial charge in [0.05, 0.1) is 32.3 Å². The van der Waals surface area contributed by atoms with Gasteiger partial charge in [-0.15, -0.1) is 0 Å². The van der Waals surface area contributed by atoms with Crippen molar-refractivity contribution in [3.63, 3.8) is 0 Å². The Kier molecular flexibility index (Phi) is 6.69. The number of hydrogen-bond donors (Lipinski definition) is 1. The third-order valence-electron chi connectivity index (χ3n) is 4.29. The fourth-order valence-electron chi connectivity index (χ4n) is 2.71. The number of sulfonamides is 1. The van der Waals surface area contributed by atoms with Crippen molar-refractivity contribution in [2.24, 2.45) is 0 Å². The number of aliphatic hydroxyl groups excluding tert-OH is 1. The second-order valence-corrected chi connectivity index (χ2v) is 8.06. The number of aliphatic hydroxyl groups is 1. The van der Waals surface area contributed by atoms with Gasteiger partial charge in [0.15, 0.2) is 11.5 Å². The van der Waals surface area contributed by atoms with Gasteiger partial charge < -0.3 is 19.3 Å². The Hall–Kier alpha value is -2.29. The zero-order chi connectivity index (χ0) is 20.2. The summed E-state index contributed by atoms with van der Waals surface area (Å²) in [5.74, 6) is 1.58. The highest BCUT2D eigenvalue weighted by atomic mass is 32.2. The minimum absolute atomic E-state index is 0.108. The van der Waals surface area contributed by atoms with Crippen LogP contribution in [0.15, 0.2) is 41.3 Å². The highest BCUT2D eigenvalue weighted by Crippen LogP contribution is 2.31. The van der Waals surface area contributed by atoms with Crippen LogP contribution in [0.3, 0.4) is 0 Å². The predicted octanol–water partition coefficient (Wildman–Crippen LogP) is 2.37. The van der Waals surface area contributed by atoms with Gasteiger partial charge >= 0.3 is 0 Å². The predicted molar refractivity (Wildman–Crippen MR) is 102 cm³/mol. The van der Waals surface area contributed by atoms with Crippen LogP contribution < -0.4 is 14.2 Å². The molecule has 148 valence electrons. The lowest BCUT2D eigenvalue weighted by Gasteiger charge is -2.22. The van der Waals surface area contributed by atoms with E-state index >= 15 is 0 Å².